The summed E-state index contributed by atoms with van der Waals surface area (Å²) in [7, 11) is 1.81. The SMILES string of the molecule is CO[C@H]1CC[C@@H](N2CCC(n3c(=O)[nH]c4c(F)cc(C)cc43)CC2)CC1.Cl. The quantitative estimate of drug-likeness (QED) is 0.857. The zero-order valence-electron chi connectivity index (χ0n) is 16.0. The standard InChI is InChI=1S/C20H28FN3O2.ClH/c1-13-11-17(21)19-18(12-13)24(20(25)22-19)15-7-9-23(10-8-15)14-3-5-16(26-2)6-4-14;/h11-12,14-16H,3-10H2,1-2H3,(H,22,25);1H/t14-,16+;. The maximum atomic E-state index is 14.2. The van der Waals surface area contributed by atoms with Gasteiger partial charge in [-0.1, -0.05) is 0 Å². The van der Waals surface area contributed by atoms with Crippen molar-refractivity contribution in [2.24, 2.45) is 0 Å². The van der Waals surface area contributed by atoms with Crippen molar-refractivity contribution in [1.29, 1.82) is 0 Å². The fourth-order valence-corrected chi connectivity index (χ4v) is 4.83. The molecule has 0 unspecified atom stereocenters. The van der Waals surface area contributed by atoms with Gasteiger partial charge >= 0.3 is 5.69 Å². The summed E-state index contributed by atoms with van der Waals surface area (Å²) in [5.41, 5.74) is 1.69. The van der Waals surface area contributed by atoms with Crippen molar-refractivity contribution in [3.63, 3.8) is 0 Å². The van der Waals surface area contributed by atoms with E-state index < -0.39 is 0 Å². The van der Waals surface area contributed by atoms with Crippen LogP contribution in [0.4, 0.5) is 4.39 Å². The van der Waals surface area contributed by atoms with Crippen LogP contribution in [0.5, 0.6) is 0 Å². The number of hydrogen-bond donors (Lipinski definition) is 1. The van der Waals surface area contributed by atoms with Crippen molar-refractivity contribution in [1.82, 2.24) is 14.5 Å². The number of H-pyrrole nitrogens is 1. The van der Waals surface area contributed by atoms with Gasteiger partial charge in [-0.15, -0.1) is 12.4 Å². The maximum absolute atomic E-state index is 14.2. The molecule has 1 aromatic heterocycles. The summed E-state index contributed by atoms with van der Waals surface area (Å²) in [6.07, 6.45) is 6.97. The second-order valence-corrected chi connectivity index (χ2v) is 7.87. The summed E-state index contributed by atoms with van der Waals surface area (Å²) in [6.45, 7) is 3.87. The van der Waals surface area contributed by atoms with Gasteiger partial charge in [0.25, 0.3) is 0 Å². The smallest absolute Gasteiger partial charge is 0.326 e. The molecule has 5 nitrogen and oxygen atoms in total. The largest absolute Gasteiger partial charge is 0.381 e. The van der Waals surface area contributed by atoms with Crippen molar-refractivity contribution in [3.8, 4) is 0 Å². The van der Waals surface area contributed by atoms with Crippen molar-refractivity contribution in [2.45, 2.75) is 63.6 Å². The lowest BCUT2D eigenvalue weighted by molar-refractivity contribution is 0.0296. The molecular weight excluding hydrogens is 369 g/mol. The summed E-state index contributed by atoms with van der Waals surface area (Å²) in [4.78, 5) is 17.8. The molecule has 1 aliphatic carbocycles. The second-order valence-electron chi connectivity index (χ2n) is 7.87. The Balaban J connectivity index is 0.00000210. The van der Waals surface area contributed by atoms with E-state index in [9.17, 15) is 9.18 Å². The molecule has 4 rings (SSSR count). The highest BCUT2D eigenvalue weighted by molar-refractivity contribution is 5.85. The molecule has 2 aromatic rings. The van der Waals surface area contributed by atoms with Crippen molar-refractivity contribution < 1.29 is 9.13 Å². The fourth-order valence-electron chi connectivity index (χ4n) is 4.83. The molecule has 0 amide bonds. The first kappa shape index (κ1) is 20.4. The number of benzene rings is 1. The number of piperidine rings is 1. The van der Waals surface area contributed by atoms with Crippen LogP contribution >= 0.6 is 12.4 Å². The molecule has 0 atom stereocenters. The minimum atomic E-state index is -0.344. The fraction of sp³-hybridized carbons (Fsp3) is 0.650. The Bertz CT molecular complexity index is 834. The third-order valence-corrected chi connectivity index (χ3v) is 6.28. The Morgan fingerprint density at radius 1 is 1.07 bits per heavy atom. The van der Waals surface area contributed by atoms with Crippen molar-refractivity contribution in [3.05, 3.63) is 34.0 Å². The first-order chi connectivity index (χ1) is 12.6. The Morgan fingerprint density at radius 3 is 2.37 bits per heavy atom. The number of likely N-dealkylation sites (tertiary alicyclic amines) is 1. The molecule has 1 aliphatic heterocycles. The third kappa shape index (κ3) is 3.93. The van der Waals surface area contributed by atoms with Gasteiger partial charge in [0.15, 0.2) is 0 Å². The van der Waals surface area contributed by atoms with Crippen LogP contribution in [0.3, 0.4) is 0 Å². The number of aromatic amines is 1. The van der Waals surface area contributed by atoms with E-state index in [0.717, 1.165) is 44.3 Å². The molecule has 0 radical (unpaired) electrons. The van der Waals surface area contributed by atoms with Gasteiger partial charge in [-0.2, -0.15) is 0 Å². The molecule has 1 saturated carbocycles. The average molecular weight is 398 g/mol. The molecule has 2 fully saturated rings. The number of rotatable bonds is 3. The van der Waals surface area contributed by atoms with Gasteiger partial charge in [-0.25, -0.2) is 9.18 Å². The van der Waals surface area contributed by atoms with E-state index in [2.05, 4.69) is 9.88 Å². The van der Waals surface area contributed by atoms with Crippen LogP contribution in [0, 0.1) is 12.7 Å². The van der Waals surface area contributed by atoms with E-state index in [1.807, 2.05) is 13.0 Å². The maximum Gasteiger partial charge on any atom is 0.326 e. The highest BCUT2D eigenvalue weighted by atomic mass is 35.5. The summed E-state index contributed by atoms with van der Waals surface area (Å²) in [5, 5.41) is 0. The van der Waals surface area contributed by atoms with E-state index in [1.165, 1.54) is 18.9 Å². The van der Waals surface area contributed by atoms with Gasteiger partial charge in [0.05, 0.1) is 11.6 Å². The van der Waals surface area contributed by atoms with Crippen LogP contribution in [0.25, 0.3) is 11.0 Å². The van der Waals surface area contributed by atoms with Crippen molar-refractivity contribution >= 4 is 23.4 Å². The predicted molar refractivity (Wildman–Crippen MR) is 107 cm³/mol. The zero-order valence-corrected chi connectivity index (χ0v) is 16.9. The van der Waals surface area contributed by atoms with Crippen LogP contribution in [-0.2, 0) is 4.74 Å². The summed E-state index contributed by atoms with van der Waals surface area (Å²) in [5.74, 6) is -0.344. The Morgan fingerprint density at radius 2 is 1.74 bits per heavy atom. The van der Waals surface area contributed by atoms with E-state index in [4.69, 9.17) is 4.74 Å². The molecule has 0 bridgehead atoms. The first-order valence-electron chi connectivity index (χ1n) is 9.74. The number of fused-ring (bicyclic) bond motifs is 1. The Hall–Kier alpha value is -1.37. The van der Waals surface area contributed by atoms with Crippen molar-refractivity contribution in [2.75, 3.05) is 20.2 Å². The Labute approximate surface area is 165 Å². The van der Waals surface area contributed by atoms with E-state index in [-0.39, 0.29) is 30.0 Å². The monoisotopic (exact) mass is 397 g/mol. The zero-order chi connectivity index (χ0) is 18.3. The van der Waals surface area contributed by atoms with E-state index in [0.29, 0.717) is 23.2 Å². The van der Waals surface area contributed by atoms with Crippen LogP contribution in [-0.4, -0.2) is 46.8 Å². The number of halogens is 2. The van der Waals surface area contributed by atoms with Crippen LogP contribution < -0.4 is 5.69 Å². The van der Waals surface area contributed by atoms with Gasteiger partial charge in [0.2, 0.25) is 0 Å². The van der Waals surface area contributed by atoms with E-state index >= 15 is 0 Å². The lowest BCUT2D eigenvalue weighted by Gasteiger charge is -2.40. The van der Waals surface area contributed by atoms with E-state index in [1.54, 1.807) is 11.7 Å². The van der Waals surface area contributed by atoms with Crippen LogP contribution in [0.2, 0.25) is 0 Å². The number of hydrogen-bond acceptors (Lipinski definition) is 3. The lowest BCUT2D eigenvalue weighted by Crippen LogP contribution is -2.45. The number of nitrogens with one attached hydrogen (secondary N) is 1. The van der Waals surface area contributed by atoms with Gasteiger partial charge in [-0.3, -0.25) is 4.57 Å². The molecule has 2 aliphatic rings. The summed E-state index contributed by atoms with van der Waals surface area (Å²) in [6, 6.07) is 4.17. The van der Waals surface area contributed by atoms with Crippen LogP contribution in [0.15, 0.2) is 16.9 Å². The number of ether oxygens (including phenoxy) is 1. The topological polar surface area (TPSA) is 50.3 Å². The van der Waals surface area contributed by atoms with Gasteiger partial charge in [-0.05, 0) is 63.1 Å². The number of aromatic nitrogens is 2. The molecule has 150 valence electrons. The Kier molecular flexibility index (Phi) is 6.28. The molecule has 7 heteroatoms. The number of aryl methyl sites for hydroxylation is 1. The number of methoxy groups -OCH3 is 1. The molecule has 2 heterocycles. The average Bonchev–Trinajstić information content (AvgIpc) is 2.98. The van der Waals surface area contributed by atoms with Gasteiger partial charge in [0, 0.05) is 32.3 Å². The third-order valence-electron chi connectivity index (χ3n) is 6.28. The number of nitrogens with zero attached hydrogens (tertiary/aromatic N) is 2. The lowest BCUT2D eigenvalue weighted by atomic mass is 9.90. The molecule has 1 N–H and O–H groups in total. The number of imidazole rings is 1. The second kappa shape index (κ2) is 8.33. The molecular formula is C20H29ClFN3O2. The molecule has 0 spiro atoms. The minimum absolute atomic E-state index is 0. The molecule has 1 saturated heterocycles. The minimum Gasteiger partial charge on any atom is -0.381 e. The highest BCUT2D eigenvalue weighted by Gasteiger charge is 2.30. The summed E-state index contributed by atoms with van der Waals surface area (Å²) >= 11 is 0. The first-order valence-corrected chi connectivity index (χ1v) is 9.74. The molecule has 27 heavy (non-hydrogen) atoms. The summed E-state index contributed by atoms with van der Waals surface area (Å²) < 4.78 is 21.4. The normalized spacial score (nSPS) is 24.9. The molecule has 1 aromatic carbocycles. The van der Waals surface area contributed by atoms with Crippen LogP contribution in [0.1, 0.15) is 50.1 Å². The van der Waals surface area contributed by atoms with Gasteiger partial charge < -0.3 is 14.6 Å². The highest BCUT2D eigenvalue weighted by Crippen LogP contribution is 2.31. The van der Waals surface area contributed by atoms with Gasteiger partial charge in [0.1, 0.15) is 11.3 Å². The predicted octanol–water partition coefficient (Wildman–Crippen LogP) is 3.79.